The second-order valence-corrected chi connectivity index (χ2v) is 7.91. The highest BCUT2D eigenvalue weighted by Gasteiger charge is 2.34. The highest BCUT2D eigenvalue weighted by Crippen LogP contribution is 2.29. The van der Waals surface area contributed by atoms with Crippen molar-refractivity contribution in [2.24, 2.45) is 0 Å². The Morgan fingerprint density at radius 3 is 2.70 bits per heavy atom. The van der Waals surface area contributed by atoms with Crippen LogP contribution in [0.1, 0.15) is 55.7 Å². The molecule has 0 spiro atoms. The number of aromatic nitrogens is 4. The number of amides is 1. The van der Waals surface area contributed by atoms with Crippen molar-refractivity contribution in [2.45, 2.75) is 57.5 Å². The molecule has 0 bridgehead atoms. The summed E-state index contributed by atoms with van der Waals surface area (Å²) >= 11 is 0. The molecule has 1 aliphatic heterocycles. The van der Waals surface area contributed by atoms with Crippen LogP contribution in [0.25, 0.3) is 0 Å². The Labute approximate surface area is 171 Å². The lowest BCUT2D eigenvalue weighted by Gasteiger charge is -2.37. The van der Waals surface area contributed by atoms with Gasteiger partial charge in [-0.2, -0.15) is 28.2 Å². The summed E-state index contributed by atoms with van der Waals surface area (Å²) in [5, 5.41) is 18.6. The van der Waals surface area contributed by atoms with Gasteiger partial charge >= 0.3 is 6.18 Å². The SMILES string of the molecule is C[C@@H]1CC[C@@H](n2ncc(C(C)(C)O)n2)CN1C(=O)c1cccnc1OCC(F)(F)F. The van der Waals surface area contributed by atoms with Crippen molar-refractivity contribution in [1.82, 2.24) is 24.9 Å². The Bertz CT molecular complexity index is 894. The van der Waals surface area contributed by atoms with Gasteiger partial charge in [0.15, 0.2) is 6.61 Å². The van der Waals surface area contributed by atoms with Crippen molar-refractivity contribution < 1.29 is 27.8 Å². The van der Waals surface area contributed by atoms with Crippen molar-refractivity contribution in [3.8, 4) is 5.88 Å². The molecule has 0 aromatic carbocycles. The average molecular weight is 427 g/mol. The maximum absolute atomic E-state index is 13.1. The molecule has 30 heavy (non-hydrogen) atoms. The van der Waals surface area contributed by atoms with Crippen LogP contribution in [-0.4, -0.2) is 61.3 Å². The fourth-order valence-corrected chi connectivity index (χ4v) is 3.26. The van der Waals surface area contributed by atoms with Crippen LogP contribution in [0, 0.1) is 0 Å². The molecule has 1 N–H and O–H groups in total. The monoisotopic (exact) mass is 427 g/mol. The van der Waals surface area contributed by atoms with E-state index in [1.165, 1.54) is 29.3 Å². The van der Waals surface area contributed by atoms with Gasteiger partial charge in [0.1, 0.15) is 16.9 Å². The number of hydrogen-bond acceptors (Lipinski definition) is 6. The van der Waals surface area contributed by atoms with E-state index >= 15 is 0 Å². The van der Waals surface area contributed by atoms with E-state index in [1.54, 1.807) is 18.7 Å². The van der Waals surface area contributed by atoms with E-state index in [4.69, 9.17) is 4.74 Å². The van der Waals surface area contributed by atoms with Gasteiger partial charge in [0.05, 0.1) is 12.2 Å². The predicted molar refractivity (Wildman–Crippen MR) is 99.8 cm³/mol. The first-order valence-corrected chi connectivity index (χ1v) is 9.56. The van der Waals surface area contributed by atoms with E-state index in [1.807, 2.05) is 6.92 Å². The van der Waals surface area contributed by atoms with Gasteiger partial charge in [0, 0.05) is 18.8 Å². The summed E-state index contributed by atoms with van der Waals surface area (Å²) in [5.41, 5.74) is -0.759. The molecule has 0 unspecified atom stereocenters. The highest BCUT2D eigenvalue weighted by molar-refractivity contribution is 5.96. The third kappa shape index (κ3) is 5.07. The van der Waals surface area contributed by atoms with Crippen LogP contribution < -0.4 is 4.74 Å². The Hall–Kier alpha value is -2.69. The molecule has 8 nitrogen and oxygen atoms in total. The molecule has 3 rings (SSSR count). The molecule has 1 amide bonds. The summed E-state index contributed by atoms with van der Waals surface area (Å²) in [6, 6.07) is 2.52. The molecule has 11 heteroatoms. The molecule has 164 valence electrons. The van der Waals surface area contributed by atoms with Gasteiger partial charge in [-0.1, -0.05) is 0 Å². The molecule has 2 atom stereocenters. The lowest BCUT2D eigenvalue weighted by Crippen LogP contribution is -2.46. The number of ether oxygens (including phenoxy) is 1. The number of carbonyl (C=O) groups is 1. The van der Waals surface area contributed by atoms with Gasteiger partial charge in [-0.25, -0.2) is 4.98 Å². The summed E-state index contributed by atoms with van der Waals surface area (Å²) in [6.45, 7) is 3.82. The zero-order valence-electron chi connectivity index (χ0n) is 16.9. The van der Waals surface area contributed by atoms with Crippen LogP contribution in [0.5, 0.6) is 5.88 Å². The van der Waals surface area contributed by atoms with E-state index < -0.39 is 24.3 Å². The Kier molecular flexibility index (Phi) is 6.02. The Morgan fingerprint density at radius 1 is 1.33 bits per heavy atom. The summed E-state index contributed by atoms with van der Waals surface area (Å²) in [4.78, 5) is 20.0. The van der Waals surface area contributed by atoms with Crippen LogP contribution in [0.3, 0.4) is 0 Å². The van der Waals surface area contributed by atoms with Gasteiger partial charge in [-0.15, -0.1) is 0 Å². The molecule has 0 radical (unpaired) electrons. The third-order valence-corrected chi connectivity index (χ3v) is 4.95. The minimum absolute atomic E-state index is 0.0279. The highest BCUT2D eigenvalue weighted by atomic mass is 19.4. The van der Waals surface area contributed by atoms with Crippen molar-refractivity contribution in [1.29, 1.82) is 0 Å². The first-order valence-electron chi connectivity index (χ1n) is 9.56. The van der Waals surface area contributed by atoms with Gasteiger partial charge in [-0.3, -0.25) is 4.79 Å². The molecule has 3 heterocycles. The normalized spacial score (nSPS) is 20.3. The number of piperidine rings is 1. The van der Waals surface area contributed by atoms with Crippen LogP contribution >= 0.6 is 0 Å². The molecule has 1 aliphatic rings. The van der Waals surface area contributed by atoms with Crippen molar-refractivity contribution in [3.05, 3.63) is 35.8 Å². The van der Waals surface area contributed by atoms with Crippen molar-refractivity contribution in [3.63, 3.8) is 0 Å². The summed E-state index contributed by atoms with van der Waals surface area (Å²) < 4.78 is 42.4. The lowest BCUT2D eigenvalue weighted by molar-refractivity contribution is -0.154. The first kappa shape index (κ1) is 22.0. The molecule has 0 saturated carbocycles. The molecular formula is C19H24F3N5O3. The number of hydrogen-bond donors (Lipinski definition) is 1. The van der Waals surface area contributed by atoms with Crippen LogP contribution in [0.2, 0.25) is 0 Å². The summed E-state index contributed by atoms with van der Waals surface area (Å²) in [5.74, 6) is -0.817. The molecule has 1 fully saturated rings. The largest absolute Gasteiger partial charge is 0.467 e. The minimum Gasteiger partial charge on any atom is -0.467 e. The zero-order valence-corrected chi connectivity index (χ0v) is 16.9. The number of pyridine rings is 1. The van der Waals surface area contributed by atoms with Gasteiger partial charge in [0.25, 0.3) is 5.91 Å². The quantitative estimate of drug-likeness (QED) is 0.789. The lowest BCUT2D eigenvalue weighted by atomic mass is 9.98. The second kappa shape index (κ2) is 8.21. The number of carbonyl (C=O) groups excluding carboxylic acids is 1. The summed E-state index contributed by atoms with van der Waals surface area (Å²) in [6.07, 6.45) is -0.402. The van der Waals surface area contributed by atoms with E-state index in [0.717, 1.165) is 6.42 Å². The Morgan fingerprint density at radius 2 is 2.07 bits per heavy atom. The molecule has 2 aromatic heterocycles. The maximum atomic E-state index is 13.1. The van der Waals surface area contributed by atoms with Crippen molar-refractivity contribution >= 4 is 5.91 Å². The van der Waals surface area contributed by atoms with Crippen LogP contribution in [0.15, 0.2) is 24.5 Å². The first-order chi connectivity index (χ1) is 14.0. The number of halogens is 3. The maximum Gasteiger partial charge on any atom is 0.422 e. The fourth-order valence-electron chi connectivity index (χ4n) is 3.26. The van der Waals surface area contributed by atoms with Crippen LogP contribution in [-0.2, 0) is 5.60 Å². The topological polar surface area (TPSA) is 93.4 Å². The van der Waals surface area contributed by atoms with Gasteiger partial charge in [-0.05, 0) is 45.7 Å². The second-order valence-electron chi connectivity index (χ2n) is 7.91. The van der Waals surface area contributed by atoms with E-state index in [9.17, 15) is 23.1 Å². The van der Waals surface area contributed by atoms with Gasteiger partial charge in [0.2, 0.25) is 5.88 Å². The Balaban J connectivity index is 1.79. The predicted octanol–water partition coefficient (Wildman–Crippen LogP) is 2.71. The van der Waals surface area contributed by atoms with Gasteiger partial charge < -0.3 is 14.7 Å². The van der Waals surface area contributed by atoms with Crippen LogP contribution in [0.4, 0.5) is 13.2 Å². The van der Waals surface area contributed by atoms with E-state index in [-0.39, 0.29) is 30.1 Å². The fraction of sp³-hybridized carbons (Fsp3) is 0.579. The standard InChI is InChI=1S/C19H24F3N5O3/c1-12-6-7-13(27-24-9-15(25-27)18(2,3)29)10-26(12)17(28)14-5-4-8-23-16(14)30-11-19(20,21)22/h4-5,8-9,12-13,29H,6-7,10-11H2,1-3H3/t12-,13-/m1/s1. The molecule has 1 saturated heterocycles. The number of likely N-dealkylation sites (tertiary alicyclic amines) is 1. The third-order valence-electron chi connectivity index (χ3n) is 4.95. The molecule has 2 aromatic rings. The average Bonchev–Trinajstić information content (AvgIpc) is 3.16. The molecule has 0 aliphatic carbocycles. The molecular weight excluding hydrogens is 403 g/mol. The van der Waals surface area contributed by atoms with E-state index in [0.29, 0.717) is 12.1 Å². The smallest absolute Gasteiger partial charge is 0.422 e. The number of nitrogens with zero attached hydrogens (tertiary/aromatic N) is 5. The minimum atomic E-state index is -4.54. The number of aliphatic hydroxyl groups is 1. The summed E-state index contributed by atoms with van der Waals surface area (Å²) in [7, 11) is 0. The van der Waals surface area contributed by atoms with E-state index in [2.05, 4.69) is 15.2 Å². The van der Waals surface area contributed by atoms with Crippen molar-refractivity contribution in [2.75, 3.05) is 13.2 Å². The number of rotatable bonds is 5. The number of alkyl halides is 3. The zero-order chi connectivity index (χ0) is 22.1.